The molecular formula is C25H30N2O4. The number of nitrogens with zero attached hydrogens (tertiary/aromatic N) is 1. The molecule has 0 radical (unpaired) electrons. The molecule has 2 aromatic carbocycles. The normalized spacial score (nSPS) is 15.2. The van der Waals surface area contributed by atoms with Gasteiger partial charge >= 0.3 is 5.97 Å². The lowest BCUT2D eigenvalue weighted by Crippen LogP contribution is -2.29. The number of para-hydroxylation sites is 2. The van der Waals surface area contributed by atoms with Crippen LogP contribution < -0.4 is 15.0 Å². The second-order valence-corrected chi connectivity index (χ2v) is 7.59. The minimum absolute atomic E-state index is 0.423. The van der Waals surface area contributed by atoms with E-state index in [2.05, 4.69) is 22.3 Å². The fourth-order valence-corrected chi connectivity index (χ4v) is 3.54. The summed E-state index contributed by atoms with van der Waals surface area (Å²) in [5.74, 6) is -0.454. The van der Waals surface area contributed by atoms with Crippen LogP contribution in [0.2, 0.25) is 0 Å². The largest absolute Gasteiger partial charge is 0.495 e. The summed E-state index contributed by atoms with van der Waals surface area (Å²) in [6, 6.07) is 15.2. The Balaban J connectivity index is 1.51. The second-order valence-electron chi connectivity index (χ2n) is 7.59. The van der Waals surface area contributed by atoms with Gasteiger partial charge in [-0.1, -0.05) is 37.1 Å². The fraction of sp³-hybridized carbons (Fsp3) is 0.360. The Kier molecular flexibility index (Phi) is 8.10. The highest BCUT2D eigenvalue weighted by molar-refractivity contribution is 5.97. The van der Waals surface area contributed by atoms with Crippen molar-refractivity contribution in [3.8, 4) is 5.75 Å². The molecule has 0 aliphatic carbocycles. The van der Waals surface area contributed by atoms with E-state index in [1.807, 2.05) is 18.2 Å². The van der Waals surface area contributed by atoms with Gasteiger partial charge in [-0.05, 0) is 55.7 Å². The number of amides is 1. The van der Waals surface area contributed by atoms with E-state index >= 15 is 0 Å². The zero-order valence-corrected chi connectivity index (χ0v) is 18.2. The third-order valence-electron chi connectivity index (χ3n) is 5.30. The van der Waals surface area contributed by atoms with Crippen LogP contribution in [0.1, 0.15) is 38.2 Å². The van der Waals surface area contributed by atoms with E-state index in [1.165, 1.54) is 51.5 Å². The van der Waals surface area contributed by atoms with E-state index in [1.54, 1.807) is 24.3 Å². The van der Waals surface area contributed by atoms with Gasteiger partial charge in [0.1, 0.15) is 5.75 Å². The summed E-state index contributed by atoms with van der Waals surface area (Å²) in [6.45, 7) is 3.72. The molecule has 0 spiro atoms. The van der Waals surface area contributed by atoms with Gasteiger partial charge in [-0.3, -0.25) is 4.79 Å². The van der Waals surface area contributed by atoms with Crippen LogP contribution in [0.3, 0.4) is 0 Å². The van der Waals surface area contributed by atoms with E-state index in [0.717, 1.165) is 18.7 Å². The Bertz CT molecular complexity index is 900. The van der Waals surface area contributed by atoms with Crippen LogP contribution in [0.4, 0.5) is 11.4 Å². The number of hydrogen-bond donors (Lipinski definition) is 1. The molecule has 1 aliphatic rings. The molecule has 1 amide bonds. The van der Waals surface area contributed by atoms with E-state index in [-0.39, 0.29) is 0 Å². The number of hydrogen-bond acceptors (Lipinski definition) is 5. The minimum Gasteiger partial charge on any atom is -0.495 e. The van der Waals surface area contributed by atoms with E-state index in [0.29, 0.717) is 11.4 Å². The highest BCUT2D eigenvalue weighted by atomic mass is 16.5. The third-order valence-corrected chi connectivity index (χ3v) is 5.30. The van der Waals surface area contributed by atoms with Crippen molar-refractivity contribution in [2.75, 3.05) is 30.4 Å². The summed E-state index contributed by atoms with van der Waals surface area (Å²) in [5, 5.41) is 2.71. The van der Waals surface area contributed by atoms with Crippen molar-refractivity contribution in [2.45, 2.75) is 38.7 Å². The molecule has 0 unspecified atom stereocenters. The lowest BCUT2D eigenvalue weighted by atomic mass is 10.1. The van der Waals surface area contributed by atoms with Crippen molar-refractivity contribution in [3.05, 3.63) is 60.2 Å². The maximum atomic E-state index is 12.3. The predicted octanol–water partition coefficient (Wildman–Crippen LogP) is 4.66. The first-order valence-electron chi connectivity index (χ1n) is 10.7. The monoisotopic (exact) mass is 422 g/mol. The van der Waals surface area contributed by atoms with Gasteiger partial charge in [-0.25, -0.2) is 4.79 Å². The minimum atomic E-state index is -0.938. The average molecular weight is 423 g/mol. The van der Waals surface area contributed by atoms with Gasteiger partial charge in [-0.2, -0.15) is 0 Å². The highest BCUT2D eigenvalue weighted by Crippen LogP contribution is 2.23. The molecule has 1 aliphatic heterocycles. The molecular weight excluding hydrogens is 392 g/mol. The molecule has 164 valence electrons. The van der Waals surface area contributed by atoms with Crippen LogP contribution in [0, 0.1) is 0 Å². The van der Waals surface area contributed by atoms with Crippen LogP contribution in [0.5, 0.6) is 5.75 Å². The molecule has 6 nitrogen and oxygen atoms in total. The summed E-state index contributed by atoms with van der Waals surface area (Å²) in [7, 11) is 1.53. The number of anilines is 2. The van der Waals surface area contributed by atoms with Gasteiger partial charge < -0.3 is 19.7 Å². The summed E-state index contributed by atoms with van der Waals surface area (Å²) >= 11 is 0. The van der Waals surface area contributed by atoms with Crippen LogP contribution in [0.15, 0.2) is 54.6 Å². The van der Waals surface area contributed by atoms with Gasteiger partial charge in [-0.15, -0.1) is 0 Å². The van der Waals surface area contributed by atoms with E-state index in [9.17, 15) is 9.59 Å². The van der Waals surface area contributed by atoms with E-state index in [4.69, 9.17) is 9.47 Å². The number of methoxy groups -OCH3 is 1. The highest BCUT2D eigenvalue weighted by Gasteiger charge is 2.18. The molecule has 1 N–H and O–H groups in total. The third kappa shape index (κ3) is 6.60. The second kappa shape index (κ2) is 11.2. The summed E-state index contributed by atoms with van der Waals surface area (Å²) in [5.41, 5.74) is 2.64. The summed E-state index contributed by atoms with van der Waals surface area (Å²) in [6.07, 6.45) is 7.16. The average Bonchev–Trinajstić information content (AvgIpc) is 3.08. The summed E-state index contributed by atoms with van der Waals surface area (Å²) < 4.78 is 10.4. The number of benzene rings is 2. The molecule has 0 bridgehead atoms. The molecule has 1 fully saturated rings. The quantitative estimate of drug-likeness (QED) is 0.519. The number of carbonyl (C=O) groups excluding carboxylic acids is 2. The van der Waals surface area contributed by atoms with Crippen LogP contribution in [-0.4, -0.2) is 38.2 Å². The zero-order valence-electron chi connectivity index (χ0n) is 18.2. The Hall–Kier alpha value is -3.28. The Morgan fingerprint density at radius 2 is 1.68 bits per heavy atom. The van der Waals surface area contributed by atoms with Crippen LogP contribution in [0.25, 0.3) is 6.08 Å². The molecule has 2 aromatic rings. The van der Waals surface area contributed by atoms with Crippen LogP contribution in [-0.2, 0) is 14.3 Å². The van der Waals surface area contributed by atoms with Gasteiger partial charge in [0, 0.05) is 24.9 Å². The zero-order chi connectivity index (χ0) is 22.1. The number of rotatable bonds is 7. The van der Waals surface area contributed by atoms with Crippen molar-refractivity contribution in [2.24, 2.45) is 0 Å². The molecule has 1 saturated heterocycles. The smallest absolute Gasteiger partial charge is 0.331 e. The Morgan fingerprint density at radius 3 is 2.35 bits per heavy atom. The molecule has 1 atom stereocenters. The number of ether oxygens (including phenoxy) is 2. The maximum absolute atomic E-state index is 12.3. The van der Waals surface area contributed by atoms with Gasteiger partial charge in [0.15, 0.2) is 6.10 Å². The molecule has 3 rings (SSSR count). The molecule has 31 heavy (non-hydrogen) atoms. The molecule has 0 aromatic heterocycles. The Labute approximate surface area is 183 Å². The van der Waals surface area contributed by atoms with E-state index < -0.39 is 18.0 Å². The first-order valence-corrected chi connectivity index (χ1v) is 10.7. The lowest BCUT2D eigenvalue weighted by molar-refractivity contribution is -0.148. The maximum Gasteiger partial charge on any atom is 0.331 e. The van der Waals surface area contributed by atoms with Gasteiger partial charge in [0.2, 0.25) is 0 Å². The topological polar surface area (TPSA) is 67.9 Å². The van der Waals surface area contributed by atoms with Crippen molar-refractivity contribution in [3.63, 3.8) is 0 Å². The first-order chi connectivity index (χ1) is 15.1. The number of nitrogens with one attached hydrogen (secondary N) is 1. The van der Waals surface area contributed by atoms with Crippen molar-refractivity contribution in [1.29, 1.82) is 0 Å². The van der Waals surface area contributed by atoms with Crippen molar-refractivity contribution in [1.82, 2.24) is 0 Å². The van der Waals surface area contributed by atoms with Crippen molar-refractivity contribution >= 4 is 29.3 Å². The number of carbonyl (C=O) groups is 2. The molecule has 1 heterocycles. The standard InChI is InChI=1S/C25H30N2O4/c1-19(25(29)26-22-9-5-6-10-23(22)30-2)31-24(28)16-13-20-11-14-21(15-12-20)27-17-7-3-4-8-18-27/h5-6,9-16,19H,3-4,7-8,17-18H2,1-2H3,(H,26,29)/b16-13+/t19-/m1/s1. The van der Waals surface area contributed by atoms with Gasteiger partial charge in [0.25, 0.3) is 5.91 Å². The van der Waals surface area contributed by atoms with Gasteiger partial charge in [0.05, 0.1) is 12.8 Å². The molecule has 6 heteroatoms. The predicted molar refractivity (Wildman–Crippen MR) is 123 cm³/mol. The SMILES string of the molecule is COc1ccccc1NC(=O)[C@@H](C)OC(=O)/C=C/c1ccc(N2CCCCCC2)cc1. The van der Waals surface area contributed by atoms with Crippen molar-refractivity contribution < 1.29 is 19.1 Å². The first kappa shape index (κ1) is 22.4. The summed E-state index contributed by atoms with van der Waals surface area (Å²) in [4.78, 5) is 26.9. The fourth-order valence-electron chi connectivity index (χ4n) is 3.54. The Morgan fingerprint density at radius 1 is 1.00 bits per heavy atom. The lowest BCUT2D eigenvalue weighted by Gasteiger charge is -2.22. The van der Waals surface area contributed by atoms with Crippen LogP contribution >= 0.6 is 0 Å². The molecule has 0 saturated carbocycles. The number of esters is 1.